The summed E-state index contributed by atoms with van der Waals surface area (Å²) >= 11 is 0. The van der Waals surface area contributed by atoms with Crippen LogP contribution in [0, 0.1) is 13.8 Å². The SMILES string of the molecule is CCCCCN(CCCCC)CC(C)NC(=O)c1cc(-c2c(C)nn(C)c2C)nc2ccccc12. The Balaban J connectivity index is 1.82. The number of pyridine rings is 1. The van der Waals surface area contributed by atoms with E-state index < -0.39 is 0 Å². The molecule has 1 unspecified atom stereocenters. The molecule has 190 valence electrons. The van der Waals surface area contributed by atoms with Gasteiger partial charge in [-0.25, -0.2) is 4.98 Å². The zero-order chi connectivity index (χ0) is 25.4. The van der Waals surface area contributed by atoms with Crippen molar-refractivity contribution in [1.82, 2.24) is 25.0 Å². The van der Waals surface area contributed by atoms with Gasteiger partial charge in [0.1, 0.15) is 0 Å². The van der Waals surface area contributed by atoms with Crippen LogP contribution in [0.5, 0.6) is 0 Å². The largest absolute Gasteiger partial charge is 0.348 e. The number of nitrogens with one attached hydrogen (secondary N) is 1. The molecule has 0 radical (unpaired) electrons. The van der Waals surface area contributed by atoms with Crippen LogP contribution in [0.25, 0.3) is 22.2 Å². The van der Waals surface area contributed by atoms with Gasteiger partial charge in [0.05, 0.1) is 22.5 Å². The van der Waals surface area contributed by atoms with Crippen molar-refractivity contribution in [3.8, 4) is 11.3 Å². The van der Waals surface area contributed by atoms with E-state index in [1.807, 2.05) is 55.9 Å². The van der Waals surface area contributed by atoms with Crippen LogP contribution in [-0.4, -0.2) is 51.2 Å². The maximum absolute atomic E-state index is 13.6. The normalized spacial score (nSPS) is 12.4. The Kier molecular flexibility index (Phi) is 9.84. The maximum atomic E-state index is 13.6. The summed E-state index contributed by atoms with van der Waals surface area (Å²) in [6.45, 7) is 13.7. The number of carbonyl (C=O) groups is 1. The van der Waals surface area contributed by atoms with Crippen molar-refractivity contribution in [3.63, 3.8) is 0 Å². The van der Waals surface area contributed by atoms with Crippen LogP contribution in [-0.2, 0) is 7.05 Å². The second-order valence-electron chi connectivity index (χ2n) is 9.83. The molecule has 1 amide bonds. The van der Waals surface area contributed by atoms with E-state index in [1.165, 1.54) is 38.5 Å². The van der Waals surface area contributed by atoms with Crippen LogP contribution in [0.3, 0.4) is 0 Å². The molecule has 2 aromatic heterocycles. The number of unbranched alkanes of at least 4 members (excludes halogenated alkanes) is 4. The molecule has 0 saturated heterocycles. The Morgan fingerprint density at radius 1 is 1.06 bits per heavy atom. The third-order valence-electron chi connectivity index (χ3n) is 6.79. The maximum Gasteiger partial charge on any atom is 0.252 e. The van der Waals surface area contributed by atoms with Gasteiger partial charge in [-0.2, -0.15) is 5.10 Å². The third-order valence-corrected chi connectivity index (χ3v) is 6.79. The molecule has 3 rings (SSSR count). The molecule has 0 aliphatic carbocycles. The standard InChI is InChI=1S/C29H43N5O/c1-7-9-13-17-34(18-14-10-8-2)20-21(3)30-29(35)25-19-27(28-22(4)32-33(6)23(28)5)31-26-16-12-11-15-24(25)26/h11-12,15-16,19,21H,7-10,13-14,17-18,20H2,1-6H3,(H,30,35). The van der Waals surface area contributed by atoms with Gasteiger partial charge in [-0.05, 0) is 58.8 Å². The minimum atomic E-state index is -0.0430. The van der Waals surface area contributed by atoms with Crippen molar-refractivity contribution in [1.29, 1.82) is 0 Å². The van der Waals surface area contributed by atoms with Crippen LogP contribution in [0.2, 0.25) is 0 Å². The Hall–Kier alpha value is -2.73. The Morgan fingerprint density at radius 2 is 1.71 bits per heavy atom. The zero-order valence-corrected chi connectivity index (χ0v) is 22.5. The van der Waals surface area contributed by atoms with E-state index in [2.05, 4.69) is 36.1 Å². The molecule has 1 atom stereocenters. The summed E-state index contributed by atoms with van der Waals surface area (Å²) in [7, 11) is 1.94. The van der Waals surface area contributed by atoms with Crippen LogP contribution >= 0.6 is 0 Å². The number of carbonyl (C=O) groups excluding carboxylic acids is 1. The lowest BCUT2D eigenvalue weighted by atomic mass is 10.0. The first-order valence-electron chi connectivity index (χ1n) is 13.3. The second kappa shape index (κ2) is 12.8. The number of nitrogens with zero attached hydrogens (tertiary/aromatic N) is 4. The van der Waals surface area contributed by atoms with E-state index >= 15 is 0 Å². The lowest BCUT2D eigenvalue weighted by molar-refractivity contribution is 0.0930. The van der Waals surface area contributed by atoms with Crippen molar-refractivity contribution in [3.05, 3.63) is 47.3 Å². The topological polar surface area (TPSA) is 63.1 Å². The predicted molar refractivity (Wildman–Crippen MR) is 146 cm³/mol. The Morgan fingerprint density at radius 3 is 2.31 bits per heavy atom. The highest BCUT2D eigenvalue weighted by atomic mass is 16.1. The molecule has 35 heavy (non-hydrogen) atoms. The molecule has 0 fully saturated rings. The van der Waals surface area contributed by atoms with Crippen molar-refractivity contribution in [2.45, 2.75) is 79.2 Å². The van der Waals surface area contributed by atoms with Crippen molar-refractivity contribution in [2.75, 3.05) is 19.6 Å². The zero-order valence-electron chi connectivity index (χ0n) is 22.5. The second-order valence-corrected chi connectivity index (χ2v) is 9.83. The van der Waals surface area contributed by atoms with E-state index in [-0.39, 0.29) is 11.9 Å². The van der Waals surface area contributed by atoms with E-state index in [0.29, 0.717) is 5.56 Å². The first kappa shape index (κ1) is 26.9. The number of benzene rings is 1. The fourth-order valence-corrected chi connectivity index (χ4v) is 4.84. The van der Waals surface area contributed by atoms with Gasteiger partial charge in [0.15, 0.2) is 0 Å². The molecule has 0 aliphatic rings. The lowest BCUT2D eigenvalue weighted by Gasteiger charge is -2.26. The highest BCUT2D eigenvalue weighted by molar-refractivity contribution is 6.07. The average Bonchev–Trinajstić information content (AvgIpc) is 3.09. The quantitative estimate of drug-likeness (QED) is 0.304. The van der Waals surface area contributed by atoms with E-state index in [4.69, 9.17) is 4.98 Å². The smallest absolute Gasteiger partial charge is 0.252 e. The molecule has 3 aromatic rings. The molecule has 0 spiro atoms. The summed E-state index contributed by atoms with van der Waals surface area (Å²) in [4.78, 5) is 21.0. The molecule has 1 aromatic carbocycles. The molecule has 0 bridgehead atoms. The number of aryl methyl sites for hydroxylation is 2. The average molecular weight is 478 g/mol. The fraction of sp³-hybridized carbons (Fsp3) is 0.552. The van der Waals surface area contributed by atoms with Crippen LogP contribution < -0.4 is 5.32 Å². The van der Waals surface area contributed by atoms with Gasteiger partial charge in [0.25, 0.3) is 5.91 Å². The molecule has 6 nitrogen and oxygen atoms in total. The van der Waals surface area contributed by atoms with Gasteiger partial charge in [0, 0.05) is 36.3 Å². The van der Waals surface area contributed by atoms with Crippen LogP contribution in [0.1, 0.15) is 81.0 Å². The Bertz CT molecular complexity index is 1110. The summed E-state index contributed by atoms with van der Waals surface area (Å²) in [5.41, 5.74) is 5.25. The molecular formula is C29H43N5O. The number of hydrogen-bond acceptors (Lipinski definition) is 4. The monoisotopic (exact) mass is 477 g/mol. The number of hydrogen-bond donors (Lipinski definition) is 1. The summed E-state index contributed by atoms with van der Waals surface area (Å²) in [5.74, 6) is -0.0430. The van der Waals surface area contributed by atoms with Gasteiger partial charge >= 0.3 is 0 Å². The molecule has 1 N–H and O–H groups in total. The van der Waals surface area contributed by atoms with Gasteiger partial charge in [-0.3, -0.25) is 9.48 Å². The highest BCUT2D eigenvalue weighted by Gasteiger charge is 2.20. The van der Waals surface area contributed by atoms with Crippen molar-refractivity contribution >= 4 is 16.8 Å². The fourth-order valence-electron chi connectivity index (χ4n) is 4.84. The lowest BCUT2D eigenvalue weighted by Crippen LogP contribution is -2.42. The summed E-state index contributed by atoms with van der Waals surface area (Å²) in [6.07, 6.45) is 7.38. The van der Waals surface area contributed by atoms with Crippen molar-refractivity contribution < 1.29 is 4.79 Å². The van der Waals surface area contributed by atoms with E-state index in [9.17, 15) is 4.79 Å². The highest BCUT2D eigenvalue weighted by Crippen LogP contribution is 2.29. The number of aromatic nitrogens is 3. The molecule has 0 saturated carbocycles. The minimum Gasteiger partial charge on any atom is -0.348 e. The number of fused-ring (bicyclic) bond motifs is 1. The van der Waals surface area contributed by atoms with Gasteiger partial charge in [-0.15, -0.1) is 0 Å². The molecule has 2 heterocycles. The number of para-hydroxylation sites is 1. The first-order chi connectivity index (χ1) is 16.8. The minimum absolute atomic E-state index is 0.0430. The van der Waals surface area contributed by atoms with Gasteiger partial charge < -0.3 is 10.2 Å². The molecule has 6 heteroatoms. The molecule has 0 aliphatic heterocycles. The summed E-state index contributed by atoms with van der Waals surface area (Å²) in [6, 6.07) is 9.88. The van der Waals surface area contributed by atoms with E-state index in [1.54, 1.807) is 0 Å². The summed E-state index contributed by atoms with van der Waals surface area (Å²) < 4.78 is 1.87. The Labute approximate surface area is 211 Å². The van der Waals surface area contributed by atoms with Gasteiger partial charge in [0.2, 0.25) is 0 Å². The number of rotatable bonds is 13. The van der Waals surface area contributed by atoms with Crippen molar-refractivity contribution in [2.24, 2.45) is 7.05 Å². The van der Waals surface area contributed by atoms with Crippen LogP contribution in [0.15, 0.2) is 30.3 Å². The first-order valence-corrected chi connectivity index (χ1v) is 13.3. The van der Waals surface area contributed by atoms with Crippen LogP contribution in [0.4, 0.5) is 0 Å². The van der Waals surface area contributed by atoms with E-state index in [0.717, 1.165) is 53.2 Å². The third kappa shape index (κ3) is 6.91. The molecular weight excluding hydrogens is 434 g/mol. The predicted octanol–water partition coefficient (Wildman–Crippen LogP) is 6.05. The van der Waals surface area contributed by atoms with Gasteiger partial charge in [-0.1, -0.05) is 57.7 Å². The number of amides is 1. The summed E-state index contributed by atoms with van der Waals surface area (Å²) in [5, 5.41) is 8.72.